The molecular weight excluding hydrogens is 174 g/mol. The minimum atomic E-state index is 0.727. The van der Waals surface area contributed by atoms with Gasteiger partial charge in [-0.2, -0.15) is 5.10 Å². The van der Waals surface area contributed by atoms with Gasteiger partial charge in [-0.25, -0.2) is 0 Å². The predicted octanol–water partition coefficient (Wildman–Crippen LogP) is 1.70. The summed E-state index contributed by atoms with van der Waals surface area (Å²) in [6.07, 6.45) is 8.06. The zero-order chi connectivity index (χ0) is 9.97. The second-order valence-electron chi connectivity index (χ2n) is 4.52. The molecule has 0 amide bonds. The van der Waals surface area contributed by atoms with Gasteiger partial charge < -0.3 is 5.32 Å². The first-order valence-electron chi connectivity index (χ1n) is 5.45. The summed E-state index contributed by atoms with van der Waals surface area (Å²) in [6.45, 7) is 3.30. The number of nitrogens with zero attached hydrogens (tertiary/aromatic N) is 2. The van der Waals surface area contributed by atoms with E-state index in [1.165, 1.54) is 24.8 Å². The second kappa shape index (κ2) is 4.13. The molecular formula is C11H19N3. The van der Waals surface area contributed by atoms with E-state index >= 15 is 0 Å². The van der Waals surface area contributed by atoms with E-state index in [0.717, 1.165) is 18.5 Å². The fourth-order valence-corrected chi connectivity index (χ4v) is 2.22. The van der Waals surface area contributed by atoms with Gasteiger partial charge in [0.15, 0.2) is 0 Å². The summed E-state index contributed by atoms with van der Waals surface area (Å²) in [7, 11) is 1.96. The highest BCUT2D eigenvalue weighted by molar-refractivity contribution is 5.03. The van der Waals surface area contributed by atoms with E-state index in [2.05, 4.69) is 23.5 Å². The minimum absolute atomic E-state index is 0.727. The molecule has 1 aromatic heterocycles. The molecule has 78 valence electrons. The quantitative estimate of drug-likeness (QED) is 0.792. The van der Waals surface area contributed by atoms with E-state index in [4.69, 9.17) is 0 Å². The molecule has 14 heavy (non-hydrogen) atoms. The van der Waals surface area contributed by atoms with Gasteiger partial charge >= 0.3 is 0 Å². The molecule has 0 aromatic carbocycles. The van der Waals surface area contributed by atoms with Crippen LogP contribution in [-0.2, 0) is 13.6 Å². The molecule has 1 heterocycles. The highest BCUT2D eigenvalue weighted by atomic mass is 15.2. The van der Waals surface area contributed by atoms with E-state index in [0.29, 0.717) is 0 Å². The molecule has 0 radical (unpaired) electrons. The summed E-state index contributed by atoms with van der Waals surface area (Å²) in [4.78, 5) is 0. The van der Waals surface area contributed by atoms with Gasteiger partial charge in [-0.15, -0.1) is 0 Å². The highest BCUT2D eigenvalue weighted by Gasteiger charge is 2.20. The van der Waals surface area contributed by atoms with Gasteiger partial charge in [0.05, 0.1) is 6.20 Å². The fraction of sp³-hybridized carbons (Fsp3) is 0.727. The summed E-state index contributed by atoms with van der Waals surface area (Å²) in [5.74, 6) is 0.904. The van der Waals surface area contributed by atoms with Crippen molar-refractivity contribution in [1.29, 1.82) is 0 Å². The number of rotatable bonds is 3. The number of hydrogen-bond acceptors (Lipinski definition) is 2. The molecule has 3 heteroatoms. The maximum atomic E-state index is 4.15. The van der Waals surface area contributed by atoms with Crippen LogP contribution in [0.5, 0.6) is 0 Å². The Morgan fingerprint density at radius 2 is 2.43 bits per heavy atom. The maximum Gasteiger partial charge on any atom is 0.0534 e. The summed E-state index contributed by atoms with van der Waals surface area (Å²) < 4.78 is 1.86. The maximum absolute atomic E-state index is 4.15. The third-order valence-electron chi connectivity index (χ3n) is 3.05. The number of aromatic nitrogens is 2. The minimum Gasteiger partial charge on any atom is -0.310 e. The van der Waals surface area contributed by atoms with Crippen LogP contribution in [0.4, 0.5) is 0 Å². The number of aryl methyl sites for hydroxylation is 1. The van der Waals surface area contributed by atoms with Crippen LogP contribution in [0.3, 0.4) is 0 Å². The van der Waals surface area contributed by atoms with Gasteiger partial charge in [-0.3, -0.25) is 4.68 Å². The SMILES string of the molecule is CC1CCC(NCc2cnn(C)c2)C1. The lowest BCUT2D eigenvalue weighted by Crippen LogP contribution is -2.25. The Hall–Kier alpha value is -0.830. The van der Waals surface area contributed by atoms with Crippen molar-refractivity contribution in [1.82, 2.24) is 15.1 Å². The molecule has 1 aliphatic carbocycles. The third-order valence-corrected chi connectivity index (χ3v) is 3.05. The predicted molar refractivity (Wildman–Crippen MR) is 56.9 cm³/mol. The Bertz CT molecular complexity index is 292. The summed E-state index contributed by atoms with van der Waals surface area (Å²) in [6, 6.07) is 0.727. The van der Waals surface area contributed by atoms with Crippen molar-refractivity contribution in [2.24, 2.45) is 13.0 Å². The van der Waals surface area contributed by atoms with Crippen molar-refractivity contribution < 1.29 is 0 Å². The van der Waals surface area contributed by atoms with Crippen molar-refractivity contribution in [2.45, 2.75) is 38.8 Å². The second-order valence-corrected chi connectivity index (χ2v) is 4.52. The Morgan fingerprint density at radius 1 is 1.57 bits per heavy atom. The van der Waals surface area contributed by atoms with Gasteiger partial charge in [0, 0.05) is 31.4 Å². The van der Waals surface area contributed by atoms with Crippen molar-refractivity contribution >= 4 is 0 Å². The van der Waals surface area contributed by atoms with Crippen molar-refractivity contribution in [3.05, 3.63) is 18.0 Å². The molecule has 1 N–H and O–H groups in total. The summed E-state index contributed by atoms with van der Waals surface area (Å²) in [5.41, 5.74) is 1.28. The first-order valence-corrected chi connectivity index (χ1v) is 5.45. The van der Waals surface area contributed by atoms with Crippen molar-refractivity contribution in [2.75, 3.05) is 0 Å². The van der Waals surface area contributed by atoms with Gasteiger partial charge in [-0.1, -0.05) is 6.92 Å². The zero-order valence-corrected chi connectivity index (χ0v) is 9.03. The van der Waals surface area contributed by atoms with Gasteiger partial charge in [0.2, 0.25) is 0 Å². The van der Waals surface area contributed by atoms with Crippen molar-refractivity contribution in [3.8, 4) is 0 Å². The van der Waals surface area contributed by atoms with Crippen LogP contribution in [0, 0.1) is 5.92 Å². The standard InChI is InChI=1S/C11H19N3/c1-9-3-4-11(5-9)12-6-10-7-13-14(2)8-10/h7-9,11-12H,3-6H2,1-2H3. The molecule has 2 rings (SSSR count). The first kappa shape index (κ1) is 9.71. The van der Waals surface area contributed by atoms with E-state index in [-0.39, 0.29) is 0 Å². The monoisotopic (exact) mass is 193 g/mol. The average Bonchev–Trinajstić information content (AvgIpc) is 2.72. The molecule has 1 saturated carbocycles. The molecule has 1 aliphatic rings. The van der Waals surface area contributed by atoms with Crippen LogP contribution in [0.2, 0.25) is 0 Å². The van der Waals surface area contributed by atoms with E-state index in [1.54, 1.807) is 0 Å². The third kappa shape index (κ3) is 2.35. The van der Waals surface area contributed by atoms with Crippen LogP contribution >= 0.6 is 0 Å². The van der Waals surface area contributed by atoms with E-state index in [1.807, 2.05) is 17.9 Å². The Balaban J connectivity index is 1.77. The highest BCUT2D eigenvalue weighted by Crippen LogP contribution is 2.24. The normalized spacial score (nSPS) is 27.0. The summed E-state index contributed by atoms with van der Waals surface area (Å²) >= 11 is 0. The van der Waals surface area contributed by atoms with E-state index in [9.17, 15) is 0 Å². The van der Waals surface area contributed by atoms with Gasteiger partial charge in [0.1, 0.15) is 0 Å². The smallest absolute Gasteiger partial charge is 0.0534 e. The fourth-order valence-electron chi connectivity index (χ4n) is 2.22. The molecule has 1 fully saturated rings. The molecule has 3 nitrogen and oxygen atoms in total. The topological polar surface area (TPSA) is 29.9 Å². The number of nitrogens with one attached hydrogen (secondary N) is 1. The van der Waals surface area contributed by atoms with Gasteiger partial charge in [0.25, 0.3) is 0 Å². The first-order chi connectivity index (χ1) is 6.74. The molecule has 0 saturated heterocycles. The Kier molecular flexibility index (Phi) is 2.87. The lowest BCUT2D eigenvalue weighted by Gasteiger charge is -2.10. The van der Waals surface area contributed by atoms with Gasteiger partial charge in [-0.05, 0) is 25.2 Å². The largest absolute Gasteiger partial charge is 0.310 e. The van der Waals surface area contributed by atoms with Crippen LogP contribution in [0.25, 0.3) is 0 Å². The number of hydrogen-bond donors (Lipinski definition) is 1. The average molecular weight is 193 g/mol. The molecule has 1 aromatic rings. The lowest BCUT2D eigenvalue weighted by molar-refractivity contribution is 0.502. The molecule has 0 aliphatic heterocycles. The Morgan fingerprint density at radius 3 is 3.00 bits per heavy atom. The zero-order valence-electron chi connectivity index (χ0n) is 9.03. The molecule has 0 bridgehead atoms. The van der Waals surface area contributed by atoms with Crippen LogP contribution in [-0.4, -0.2) is 15.8 Å². The summed E-state index contributed by atoms with van der Waals surface area (Å²) in [5, 5.41) is 7.74. The van der Waals surface area contributed by atoms with Crippen LogP contribution < -0.4 is 5.32 Å². The van der Waals surface area contributed by atoms with E-state index < -0.39 is 0 Å². The molecule has 0 spiro atoms. The van der Waals surface area contributed by atoms with Crippen LogP contribution in [0.1, 0.15) is 31.7 Å². The molecule has 2 atom stereocenters. The van der Waals surface area contributed by atoms with Crippen molar-refractivity contribution in [3.63, 3.8) is 0 Å². The molecule has 2 unspecified atom stereocenters. The van der Waals surface area contributed by atoms with Crippen LogP contribution in [0.15, 0.2) is 12.4 Å². The Labute approximate surface area is 85.5 Å². The lowest BCUT2D eigenvalue weighted by atomic mass is 10.1.